The van der Waals surface area contributed by atoms with Crippen molar-refractivity contribution in [3.63, 3.8) is 0 Å². The number of aryl methyl sites for hydroxylation is 1. The van der Waals surface area contributed by atoms with E-state index in [0.717, 1.165) is 11.1 Å². The minimum Gasteiger partial charge on any atom is -0.463 e. The Balaban J connectivity index is 1.90. The molecule has 1 atom stereocenters. The molecule has 0 unspecified atom stereocenters. The summed E-state index contributed by atoms with van der Waals surface area (Å²) >= 11 is 1.21. The SMILES string of the molecule is CCOC(=O)C1=C(C)N=c2sc(=Cc3ccc([N+](=O)[O-])cc3)c(=O)n2[C@H]1c1ccc(C)cc1. The molecule has 0 aliphatic carbocycles. The predicted octanol–water partition coefficient (Wildman–Crippen LogP) is 3.01. The summed E-state index contributed by atoms with van der Waals surface area (Å²) in [6.45, 7) is 5.64. The molecule has 2 aromatic carbocycles. The molecule has 9 heteroatoms. The van der Waals surface area contributed by atoms with Gasteiger partial charge in [-0.05, 0) is 50.1 Å². The molecular weight excluding hydrogens is 442 g/mol. The second-order valence-corrected chi connectivity index (χ2v) is 8.57. The Kier molecular flexibility index (Phi) is 6.06. The lowest BCUT2D eigenvalue weighted by Crippen LogP contribution is -2.39. The normalized spacial score (nSPS) is 15.7. The van der Waals surface area contributed by atoms with Crippen molar-refractivity contribution >= 4 is 29.1 Å². The molecule has 2 heterocycles. The fraction of sp³-hybridized carbons (Fsp3) is 0.208. The van der Waals surface area contributed by atoms with Gasteiger partial charge in [0.25, 0.3) is 11.2 Å². The van der Waals surface area contributed by atoms with Gasteiger partial charge in [-0.15, -0.1) is 0 Å². The van der Waals surface area contributed by atoms with Crippen LogP contribution in [-0.2, 0) is 9.53 Å². The number of ether oxygens (including phenoxy) is 1. The van der Waals surface area contributed by atoms with Crippen molar-refractivity contribution in [2.45, 2.75) is 26.8 Å². The third-order valence-corrected chi connectivity index (χ3v) is 6.29. The standard InChI is InChI=1S/C24H21N3O5S/c1-4-32-23(29)20-15(3)25-24-26(21(20)17-9-5-14(2)6-10-17)22(28)19(33-24)13-16-7-11-18(12-8-16)27(30)31/h5-13,21H,4H2,1-3H3/t21-/m0/s1. The Bertz CT molecular complexity index is 1450. The number of non-ortho nitro benzene ring substituents is 1. The van der Waals surface area contributed by atoms with E-state index in [1.807, 2.05) is 31.2 Å². The van der Waals surface area contributed by atoms with E-state index in [1.54, 1.807) is 32.1 Å². The molecule has 0 amide bonds. The molecule has 0 saturated heterocycles. The van der Waals surface area contributed by atoms with Crippen LogP contribution in [0.4, 0.5) is 5.69 Å². The van der Waals surface area contributed by atoms with Gasteiger partial charge in [-0.1, -0.05) is 41.2 Å². The quantitative estimate of drug-likeness (QED) is 0.329. The number of rotatable bonds is 5. The summed E-state index contributed by atoms with van der Waals surface area (Å²) in [5.41, 5.74) is 3.00. The highest BCUT2D eigenvalue weighted by Gasteiger charge is 2.33. The molecule has 0 saturated carbocycles. The largest absolute Gasteiger partial charge is 0.463 e. The van der Waals surface area contributed by atoms with E-state index in [0.29, 0.717) is 26.2 Å². The maximum Gasteiger partial charge on any atom is 0.338 e. The second-order valence-electron chi connectivity index (χ2n) is 7.56. The minimum atomic E-state index is -0.667. The van der Waals surface area contributed by atoms with Crippen LogP contribution < -0.4 is 14.9 Å². The number of thiazole rings is 1. The third-order valence-electron chi connectivity index (χ3n) is 5.31. The molecule has 0 fully saturated rings. The lowest BCUT2D eigenvalue weighted by molar-refractivity contribution is -0.384. The van der Waals surface area contributed by atoms with Crippen LogP contribution in [-0.4, -0.2) is 22.1 Å². The van der Waals surface area contributed by atoms with E-state index in [-0.39, 0.29) is 17.9 Å². The molecule has 1 aliphatic rings. The van der Waals surface area contributed by atoms with Gasteiger partial charge in [-0.2, -0.15) is 0 Å². The van der Waals surface area contributed by atoms with Gasteiger partial charge in [0, 0.05) is 12.1 Å². The topological polar surface area (TPSA) is 104 Å². The Morgan fingerprint density at radius 1 is 1.18 bits per heavy atom. The number of carbonyl (C=O) groups is 1. The number of nitro groups is 1. The number of benzene rings is 2. The van der Waals surface area contributed by atoms with Crippen LogP contribution in [0, 0.1) is 17.0 Å². The molecule has 3 aromatic rings. The van der Waals surface area contributed by atoms with E-state index >= 15 is 0 Å². The zero-order valence-corrected chi connectivity index (χ0v) is 19.1. The lowest BCUT2D eigenvalue weighted by atomic mass is 9.95. The molecule has 0 spiro atoms. The third kappa shape index (κ3) is 4.27. The average Bonchev–Trinajstić information content (AvgIpc) is 3.08. The second kappa shape index (κ2) is 8.95. The number of fused-ring (bicyclic) bond motifs is 1. The van der Waals surface area contributed by atoms with Crippen molar-refractivity contribution in [3.8, 4) is 0 Å². The first-order valence-electron chi connectivity index (χ1n) is 10.3. The smallest absolute Gasteiger partial charge is 0.338 e. The van der Waals surface area contributed by atoms with Crippen LogP contribution in [0.15, 0.2) is 69.6 Å². The van der Waals surface area contributed by atoms with E-state index in [9.17, 15) is 19.7 Å². The summed E-state index contributed by atoms with van der Waals surface area (Å²) in [4.78, 5) is 41.8. The van der Waals surface area contributed by atoms with Crippen LogP contribution in [0.2, 0.25) is 0 Å². The molecule has 4 rings (SSSR count). The number of aromatic nitrogens is 1. The van der Waals surface area contributed by atoms with Crippen LogP contribution in [0.25, 0.3) is 6.08 Å². The molecule has 8 nitrogen and oxygen atoms in total. The first-order valence-corrected chi connectivity index (χ1v) is 11.1. The number of nitrogens with zero attached hydrogens (tertiary/aromatic N) is 3. The monoisotopic (exact) mass is 463 g/mol. The molecule has 168 valence electrons. The number of hydrogen-bond donors (Lipinski definition) is 0. The zero-order chi connectivity index (χ0) is 23.7. The number of allylic oxidation sites excluding steroid dienone is 1. The van der Waals surface area contributed by atoms with E-state index in [4.69, 9.17) is 4.74 Å². The van der Waals surface area contributed by atoms with Gasteiger partial charge in [0.05, 0.1) is 33.4 Å². The molecule has 0 radical (unpaired) electrons. The Morgan fingerprint density at radius 2 is 1.85 bits per heavy atom. The predicted molar refractivity (Wildman–Crippen MR) is 125 cm³/mol. The van der Waals surface area contributed by atoms with Crippen molar-refractivity contribution in [1.29, 1.82) is 0 Å². The average molecular weight is 464 g/mol. The van der Waals surface area contributed by atoms with Gasteiger partial charge < -0.3 is 4.74 Å². The van der Waals surface area contributed by atoms with E-state index in [2.05, 4.69) is 4.99 Å². The number of carbonyl (C=O) groups excluding carboxylic acids is 1. The lowest BCUT2D eigenvalue weighted by Gasteiger charge is -2.24. The van der Waals surface area contributed by atoms with Gasteiger partial charge in [0.1, 0.15) is 0 Å². The first kappa shape index (κ1) is 22.3. The van der Waals surface area contributed by atoms with Gasteiger partial charge in [0.15, 0.2) is 4.80 Å². The molecule has 0 N–H and O–H groups in total. The molecule has 33 heavy (non-hydrogen) atoms. The van der Waals surface area contributed by atoms with Crippen molar-refractivity contribution in [2.24, 2.45) is 4.99 Å². The first-order chi connectivity index (χ1) is 15.8. The van der Waals surface area contributed by atoms with Crippen molar-refractivity contribution < 1.29 is 14.5 Å². The Morgan fingerprint density at radius 3 is 2.45 bits per heavy atom. The molecule has 1 aliphatic heterocycles. The van der Waals surface area contributed by atoms with Gasteiger partial charge in [-0.3, -0.25) is 19.5 Å². The zero-order valence-electron chi connectivity index (χ0n) is 18.3. The molecule has 0 bridgehead atoms. The van der Waals surface area contributed by atoms with E-state index in [1.165, 1.54) is 28.0 Å². The van der Waals surface area contributed by atoms with Crippen molar-refractivity contribution in [3.05, 3.63) is 106 Å². The van der Waals surface area contributed by atoms with Crippen LogP contribution in [0.3, 0.4) is 0 Å². The van der Waals surface area contributed by atoms with Gasteiger partial charge in [0.2, 0.25) is 0 Å². The van der Waals surface area contributed by atoms with E-state index < -0.39 is 16.9 Å². The van der Waals surface area contributed by atoms with Crippen LogP contribution in [0.5, 0.6) is 0 Å². The fourth-order valence-corrected chi connectivity index (χ4v) is 4.75. The summed E-state index contributed by atoms with van der Waals surface area (Å²) in [5, 5.41) is 10.9. The summed E-state index contributed by atoms with van der Waals surface area (Å²) in [6, 6.07) is 12.9. The maximum absolute atomic E-state index is 13.5. The highest BCUT2D eigenvalue weighted by Crippen LogP contribution is 2.30. The van der Waals surface area contributed by atoms with Crippen LogP contribution in [0.1, 0.15) is 36.6 Å². The minimum absolute atomic E-state index is 0.0253. The highest BCUT2D eigenvalue weighted by atomic mass is 32.1. The summed E-state index contributed by atoms with van der Waals surface area (Å²) < 4.78 is 7.22. The summed E-state index contributed by atoms with van der Waals surface area (Å²) in [7, 11) is 0. The molecular formula is C24H21N3O5S. The number of nitro benzene ring substituents is 1. The van der Waals surface area contributed by atoms with Gasteiger partial charge >= 0.3 is 5.97 Å². The van der Waals surface area contributed by atoms with Crippen molar-refractivity contribution in [1.82, 2.24) is 4.57 Å². The summed E-state index contributed by atoms with van der Waals surface area (Å²) in [6.07, 6.45) is 1.67. The van der Waals surface area contributed by atoms with Crippen molar-refractivity contribution in [2.75, 3.05) is 6.61 Å². The Hall–Kier alpha value is -3.85. The molecule has 1 aromatic heterocycles. The number of esters is 1. The fourth-order valence-electron chi connectivity index (χ4n) is 3.70. The Labute approximate surface area is 192 Å². The highest BCUT2D eigenvalue weighted by molar-refractivity contribution is 7.07. The van der Waals surface area contributed by atoms with Gasteiger partial charge in [-0.25, -0.2) is 9.79 Å². The summed E-state index contributed by atoms with van der Waals surface area (Å²) in [5.74, 6) is -0.506. The number of hydrogen-bond acceptors (Lipinski definition) is 7. The maximum atomic E-state index is 13.5. The van der Waals surface area contributed by atoms with Crippen LogP contribution >= 0.6 is 11.3 Å².